The van der Waals surface area contributed by atoms with Gasteiger partial charge in [-0.15, -0.1) is 0 Å². The molecular weight excluding hydrogens is 759 g/mol. The molecule has 14 heteroatoms. The van der Waals surface area contributed by atoms with E-state index in [9.17, 15) is 19.8 Å². The Morgan fingerprint density at radius 3 is 1.43 bits per heavy atom. The van der Waals surface area contributed by atoms with Crippen LogP contribution in [0.2, 0.25) is 10.0 Å². The smallest absolute Gasteiger partial charge is 0.306 e. The van der Waals surface area contributed by atoms with Gasteiger partial charge in [0.1, 0.15) is 23.3 Å². The number of nitrogens with zero attached hydrogens (tertiary/aromatic N) is 2. The van der Waals surface area contributed by atoms with Crippen LogP contribution in [0.3, 0.4) is 0 Å². The zero-order chi connectivity index (χ0) is 39.9. The zero-order valence-electron chi connectivity index (χ0n) is 32.0. The molecular formula is C42H48Cl2N4O8. The summed E-state index contributed by atoms with van der Waals surface area (Å²) in [6.45, 7) is 5.46. The SMILES string of the molecule is COc1nc(OCc2cccc(-c3cccc(COc4nc(OC)c(CNC5CCC(C(=O)O)C5)cc4Cl)c3C)c2C)c(Cl)cc1CNC1CCC(C(=O)O)C1. The van der Waals surface area contributed by atoms with Gasteiger partial charge in [-0.2, -0.15) is 9.97 Å². The predicted molar refractivity (Wildman–Crippen MR) is 213 cm³/mol. The summed E-state index contributed by atoms with van der Waals surface area (Å²) in [5, 5.41) is 26.2. The van der Waals surface area contributed by atoms with E-state index in [2.05, 4.69) is 46.6 Å². The maximum atomic E-state index is 11.4. The molecule has 2 saturated carbocycles. The number of nitrogens with one attached hydrogen (secondary N) is 2. The van der Waals surface area contributed by atoms with Crippen molar-refractivity contribution in [2.45, 2.75) is 90.8 Å². The Balaban J connectivity index is 1.10. The monoisotopic (exact) mass is 806 g/mol. The van der Waals surface area contributed by atoms with Gasteiger partial charge in [0, 0.05) is 36.3 Å². The van der Waals surface area contributed by atoms with Crippen molar-refractivity contribution < 1.29 is 38.7 Å². The molecule has 4 N–H and O–H groups in total. The number of rotatable bonds is 17. The van der Waals surface area contributed by atoms with Gasteiger partial charge in [0.05, 0.1) is 26.1 Å². The lowest BCUT2D eigenvalue weighted by Gasteiger charge is -2.18. The molecule has 0 radical (unpaired) electrons. The summed E-state index contributed by atoms with van der Waals surface area (Å²) >= 11 is 13.3. The lowest BCUT2D eigenvalue weighted by molar-refractivity contribution is -0.142. The molecule has 6 rings (SSSR count). The molecule has 4 atom stereocenters. The van der Waals surface area contributed by atoms with E-state index in [1.807, 2.05) is 24.3 Å². The molecule has 56 heavy (non-hydrogen) atoms. The number of hydrogen-bond acceptors (Lipinski definition) is 10. The molecule has 2 fully saturated rings. The van der Waals surface area contributed by atoms with Gasteiger partial charge in [-0.1, -0.05) is 59.6 Å². The summed E-state index contributed by atoms with van der Waals surface area (Å²) in [6.07, 6.45) is 4.10. The number of hydrogen-bond donors (Lipinski definition) is 4. The van der Waals surface area contributed by atoms with Crippen molar-refractivity contribution >= 4 is 35.1 Å². The summed E-state index contributed by atoms with van der Waals surface area (Å²) in [7, 11) is 3.09. The molecule has 0 saturated heterocycles. The molecule has 2 aliphatic rings. The van der Waals surface area contributed by atoms with Crippen molar-refractivity contribution in [3.8, 4) is 34.6 Å². The lowest BCUT2D eigenvalue weighted by Crippen LogP contribution is -2.27. The molecule has 2 aromatic carbocycles. The number of halogens is 2. The van der Waals surface area contributed by atoms with Crippen LogP contribution in [0.25, 0.3) is 11.1 Å². The lowest BCUT2D eigenvalue weighted by atomic mass is 9.92. The summed E-state index contributed by atoms with van der Waals surface area (Å²) in [4.78, 5) is 31.8. The van der Waals surface area contributed by atoms with E-state index in [0.717, 1.165) is 57.3 Å². The second-order valence-electron chi connectivity index (χ2n) is 14.5. The first kappa shape index (κ1) is 41.0. The molecule has 0 spiro atoms. The van der Waals surface area contributed by atoms with Crippen molar-refractivity contribution in [2.75, 3.05) is 14.2 Å². The maximum Gasteiger partial charge on any atom is 0.306 e. The zero-order valence-corrected chi connectivity index (χ0v) is 33.5. The summed E-state index contributed by atoms with van der Waals surface area (Å²) in [5.41, 5.74) is 7.65. The fourth-order valence-corrected chi connectivity index (χ4v) is 8.10. The number of methoxy groups -OCH3 is 2. The van der Waals surface area contributed by atoms with Crippen LogP contribution in [-0.4, -0.2) is 58.4 Å². The van der Waals surface area contributed by atoms with Gasteiger partial charge < -0.3 is 39.8 Å². The quantitative estimate of drug-likeness (QED) is 0.0817. The maximum absolute atomic E-state index is 11.4. The van der Waals surface area contributed by atoms with Crippen LogP contribution in [0.4, 0.5) is 0 Å². The fraction of sp³-hybridized carbons (Fsp3) is 0.429. The average Bonchev–Trinajstić information content (AvgIpc) is 3.87. The Morgan fingerprint density at radius 1 is 0.661 bits per heavy atom. The number of aliphatic carboxylic acids is 2. The molecule has 4 unspecified atom stereocenters. The Bertz CT molecular complexity index is 1920. The molecule has 12 nitrogen and oxygen atoms in total. The predicted octanol–water partition coefficient (Wildman–Crippen LogP) is 7.93. The normalized spacial score (nSPS) is 19.2. The Labute approximate surface area is 336 Å². The molecule has 2 heterocycles. The van der Waals surface area contributed by atoms with Crippen LogP contribution in [0, 0.1) is 25.7 Å². The number of benzene rings is 2. The Kier molecular flexibility index (Phi) is 13.6. The third kappa shape index (κ3) is 9.66. The molecule has 2 aliphatic carbocycles. The van der Waals surface area contributed by atoms with Crippen LogP contribution in [-0.2, 0) is 35.9 Å². The Morgan fingerprint density at radius 2 is 1.07 bits per heavy atom. The Hall–Kier alpha value is -4.62. The van der Waals surface area contributed by atoms with Gasteiger partial charge >= 0.3 is 11.9 Å². The first-order chi connectivity index (χ1) is 26.9. The minimum absolute atomic E-state index is 0.105. The average molecular weight is 808 g/mol. The van der Waals surface area contributed by atoms with Gasteiger partial charge in [0.15, 0.2) is 0 Å². The molecule has 4 aromatic rings. The number of ether oxygens (including phenoxy) is 4. The highest BCUT2D eigenvalue weighted by Crippen LogP contribution is 2.35. The largest absolute Gasteiger partial charge is 0.481 e. The van der Waals surface area contributed by atoms with E-state index in [1.165, 1.54) is 0 Å². The molecule has 0 amide bonds. The van der Waals surface area contributed by atoms with Crippen LogP contribution < -0.4 is 29.6 Å². The minimum Gasteiger partial charge on any atom is -0.481 e. The van der Waals surface area contributed by atoms with E-state index in [4.69, 9.17) is 42.1 Å². The number of pyridine rings is 2. The fourth-order valence-electron chi connectivity index (χ4n) is 7.64. The number of aromatic nitrogens is 2. The van der Waals surface area contributed by atoms with Crippen LogP contribution in [0.1, 0.15) is 71.9 Å². The molecule has 0 bridgehead atoms. The second kappa shape index (κ2) is 18.5. The second-order valence-corrected chi connectivity index (χ2v) is 15.3. The van der Waals surface area contributed by atoms with Crippen molar-refractivity contribution in [3.05, 3.63) is 92.0 Å². The van der Waals surface area contributed by atoms with Crippen molar-refractivity contribution in [2.24, 2.45) is 11.8 Å². The highest BCUT2D eigenvalue weighted by molar-refractivity contribution is 6.32. The van der Waals surface area contributed by atoms with Gasteiger partial charge in [0.2, 0.25) is 23.5 Å². The van der Waals surface area contributed by atoms with Crippen LogP contribution >= 0.6 is 23.2 Å². The third-order valence-corrected chi connectivity index (χ3v) is 11.5. The van der Waals surface area contributed by atoms with E-state index in [0.29, 0.717) is 60.6 Å². The molecule has 0 aliphatic heterocycles. The van der Waals surface area contributed by atoms with Gasteiger partial charge in [-0.25, -0.2) is 0 Å². The summed E-state index contributed by atoms with van der Waals surface area (Å²) < 4.78 is 23.5. The van der Waals surface area contributed by atoms with Crippen molar-refractivity contribution in [1.82, 2.24) is 20.6 Å². The minimum atomic E-state index is -0.749. The van der Waals surface area contributed by atoms with E-state index < -0.39 is 11.9 Å². The van der Waals surface area contributed by atoms with Crippen molar-refractivity contribution in [3.63, 3.8) is 0 Å². The number of carboxylic acids is 2. The van der Waals surface area contributed by atoms with Crippen LogP contribution in [0.15, 0.2) is 48.5 Å². The standard InChI is InChI=1S/C42H48Cl2N4O8/c1-23-27(21-55-39-35(43)17-29(37(47-39)53-3)19-45-31-13-11-25(15-31)41(49)50)7-5-9-33(23)34-10-6-8-28(24(34)2)22-56-40-36(44)18-30(38(48-40)54-4)20-46-32-14-12-26(16-32)42(51)52/h5-10,17-18,25-26,31-32,45-46H,11-16,19-22H2,1-4H3,(H,49,50)(H,51,52). The van der Waals surface area contributed by atoms with Gasteiger partial charge in [-0.05, 0) is 97.9 Å². The first-order valence-corrected chi connectivity index (χ1v) is 19.5. The molecule has 2 aromatic heterocycles. The first-order valence-electron chi connectivity index (χ1n) is 18.8. The topological polar surface area (TPSA) is 161 Å². The van der Waals surface area contributed by atoms with Gasteiger partial charge in [0.25, 0.3) is 0 Å². The van der Waals surface area contributed by atoms with E-state index in [1.54, 1.807) is 26.4 Å². The third-order valence-electron chi connectivity index (χ3n) is 11.0. The van der Waals surface area contributed by atoms with E-state index in [-0.39, 0.29) is 48.9 Å². The number of carbonyl (C=O) groups is 2. The van der Waals surface area contributed by atoms with Crippen molar-refractivity contribution in [1.29, 1.82) is 0 Å². The van der Waals surface area contributed by atoms with Gasteiger partial charge in [-0.3, -0.25) is 9.59 Å². The van der Waals surface area contributed by atoms with E-state index >= 15 is 0 Å². The van der Waals surface area contributed by atoms with Crippen LogP contribution in [0.5, 0.6) is 23.5 Å². The highest BCUT2D eigenvalue weighted by atomic mass is 35.5. The molecule has 298 valence electrons. The number of carboxylic acid groups (broad SMARTS) is 2. The summed E-state index contributed by atoms with van der Waals surface area (Å²) in [6, 6.07) is 15.9. The highest BCUT2D eigenvalue weighted by Gasteiger charge is 2.31. The summed E-state index contributed by atoms with van der Waals surface area (Å²) in [5.74, 6) is -0.827.